The molecule has 0 saturated heterocycles. The van der Waals surface area contributed by atoms with Crippen molar-refractivity contribution < 1.29 is 37.5 Å². The van der Waals surface area contributed by atoms with Gasteiger partial charge in [0.2, 0.25) is 5.91 Å². The Kier molecular flexibility index (Phi) is 3.51. The Morgan fingerprint density at radius 2 is 2.23 bits per heavy atom. The SMILES string of the molecule is [2H]C([2H])([2H])[n+]1ccc(CNC(C)=O)cc1.[I-]. The maximum Gasteiger partial charge on any atom is 0.217 e. The zero-order valence-corrected chi connectivity index (χ0v) is 9.41. The highest BCUT2D eigenvalue weighted by Crippen LogP contribution is 1.92. The monoisotopic (exact) mass is 295 g/mol. The molecule has 0 aliphatic rings. The van der Waals surface area contributed by atoms with Gasteiger partial charge in [-0.25, -0.2) is 4.57 Å². The highest BCUT2D eigenvalue weighted by atomic mass is 127. The van der Waals surface area contributed by atoms with Crippen molar-refractivity contribution in [1.29, 1.82) is 0 Å². The molecule has 0 saturated carbocycles. The van der Waals surface area contributed by atoms with Gasteiger partial charge in [0.15, 0.2) is 12.4 Å². The van der Waals surface area contributed by atoms with E-state index in [1.165, 1.54) is 19.3 Å². The van der Waals surface area contributed by atoms with E-state index in [9.17, 15) is 4.79 Å². The molecule has 0 aliphatic carbocycles. The number of aromatic nitrogens is 1. The number of carbonyl (C=O) groups excluding carboxylic acids is 1. The molecular weight excluding hydrogens is 279 g/mol. The molecule has 1 N–H and O–H groups in total. The first-order valence-electron chi connectivity index (χ1n) is 5.15. The minimum Gasteiger partial charge on any atom is -1.00 e. The quantitative estimate of drug-likeness (QED) is 0.462. The number of nitrogens with zero attached hydrogens (tertiary/aromatic N) is 1. The minimum atomic E-state index is -2.15. The second-order valence-corrected chi connectivity index (χ2v) is 2.52. The van der Waals surface area contributed by atoms with Gasteiger partial charge in [-0.15, -0.1) is 0 Å². The largest absolute Gasteiger partial charge is 1.00 e. The molecule has 1 heterocycles. The number of pyridine rings is 1. The van der Waals surface area contributed by atoms with E-state index in [0.717, 1.165) is 10.1 Å². The fourth-order valence-corrected chi connectivity index (χ4v) is 0.802. The molecule has 4 heteroatoms. The highest BCUT2D eigenvalue weighted by molar-refractivity contribution is 5.72. The Labute approximate surface area is 99.4 Å². The van der Waals surface area contributed by atoms with Crippen LogP contribution in [0.2, 0.25) is 0 Å². The zero-order chi connectivity index (χ0) is 11.5. The van der Waals surface area contributed by atoms with Gasteiger partial charge in [0.05, 0.1) is 0 Å². The number of nitrogens with one attached hydrogen (secondary N) is 1. The summed E-state index contributed by atoms with van der Waals surface area (Å²) in [5.41, 5.74) is 0.866. The van der Waals surface area contributed by atoms with Crippen LogP contribution in [-0.2, 0) is 18.3 Å². The van der Waals surface area contributed by atoms with Crippen molar-refractivity contribution in [3.05, 3.63) is 30.1 Å². The molecule has 13 heavy (non-hydrogen) atoms. The molecular formula is C9H13IN2O. The molecule has 1 rings (SSSR count). The Bertz CT molecular complexity index is 351. The maximum absolute atomic E-state index is 10.6. The van der Waals surface area contributed by atoms with Crippen molar-refractivity contribution in [1.82, 2.24) is 5.32 Å². The number of amides is 1. The van der Waals surface area contributed by atoms with E-state index >= 15 is 0 Å². The molecule has 0 fully saturated rings. The van der Waals surface area contributed by atoms with E-state index in [1.807, 2.05) is 0 Å². The van der Waals surface area contributed by atoms with Crippen LogP contribution in [0, 0.1) is 0 Å². The van der Waals surface area contributed by atoms with Crippen molar-refractivity contribution >= 4 is 5.91 Å². The van der Waals surface area contributed by atoms with Crippen LogP contribution in [0.25, 0.3) is 0 Å². The van der Waals surface area contributed by atoms with Gasteiger partial charge in [-0.1, -0.05) is 0 Å². The number of hydrogen-bond acceptors (Lipinski definition) is 1. The summed E-state index contributed by atoms with van der Waals surface area (Å²) in [7, 11) is 0. The summed E-state index contributed by atoms with van der Waals surface area (Å²) in [5, 5.41) is 2.63. The van der Waals surface area contributed by atoms with Crippen molar-refractivity contribution in [2.45, 2.75) is 13.5 Å². The molecule has 1 aromatic heterocycles. The van der Waals surface area contributed by atoms with Gasteiger partial charge in [0, 0.05) is 25.6 Å². The van der Waals surface area contributed by atoms with E-state index in [-0.39, 0.29) is 29.9 Å². The van der Waals surface area contributed by atoms with Gasteiger partial charge in [-0.3, -0.25) is 4.79 Å². The predicted octanol–water partition coefficient (Wildman–Crippen LogP) is -2.85. The first-order valence-corrected chi connectivity index (χ1v) is 3.65. The number of aryl methyl sites for hydroxylation is 1. The normalized spacial score (nSPS) is 13.2. The third-order valence-corrected chi connectivity index (χ3v) is 1.44. The van der Waals surface area contributed by atoms with Gasteiger partial charge < -0.3 is 29.3 Å². The number of carbonyl (C=O) groups is 1. The van der Waals surface area contributed by atoms with Crippen molar-refractivity contribution in [3.8, 4) is 0 Å². The number of halogens is 1. The lowest BCUT2D eigenvalue weighted by Gasteiger charge is -1.99. The van der Waals surface area contributed by atoms with Crippen molar-refractivity contribution in [3.63, 3.8) is 0 Å². The molecule has 0 aliphatic heterocycles. The average Bonchev–Trinajstić information content (AvgIpc) is 2.14. The highest BCUT2D eigenvalue weighted by Gasteiger charge is 1.96. The maximum atomic E-state index is 10.6. The summed E-state index contributed by atoms with van der Waals surface area (Å²) < 4.78 is 22.6. The van der Waals surface area contributed by atoms with Crippen LogP contribution in [0.1, 0.15) is 16.6 Å². The number of rotatable bonds is 2. The van der Waals surface area contributed by atoms with Crippen LogP contribution in [0.4, 0.5) is 0 Å². The smallest absolute Gasteiger partial charge is 0.217 e. The van der Waals surface area contributed by atoms with Gasteiger partial charge >= 0.3 is 0 Å². The molecule has 3 nitrogen and oxygen atoms in total. The topological polar surface area (TPSA) is 33.0 Å². The van der Waals surface area contributed by atoms with Crippen LogP contribution >= 0.6 is 0 Å². The fraction of sp³-hybridized carbons (Fsp3) is 0.333. The lowest BCUT2D eigenvalue weighted by atomic mass is 10.3. The van der Waals surface area contributed by atoms with Gasteiger partial charge in [0.1, 0.15) is 11.1 Å². The van der Waals surface area contributed by atoms with Gasteiger partial charge in [-0.05, 0) is 5.56 Å². The van der Waals surface area contributed by atoms with Crippen LogP contribution < -0.4 is 33.9 Å². The second-order valence-electron chi connectivity index (χ2n) is 2.52. The van der Waals surface area contributed by atoms with E-state index in [1.54, 1.807) is 12.1 Å². The molecule has 1 aromatic rings. The molecule has 72 valence electrons. The summed E-state index contributed by atoms with van der Waals surface area (Å²) in [6, 6.07) is 3.34. The minimum absolute atomic E-state index is 0. The number of hydrogen-bond donors (Lipinski definition) is 1. The third kappa shape index (κ3) is 4.82. The Morgan fingerprint density at radius 1 is 1.62 bits per heavy atom. The molecule has 0 radical (unpaired) electrons. The molecule has 0 spiro atoms. The van der Waals surface area contributed by atoms with E-state index < -0.39 is 6.98 Å². The summed E-state index contributed by atoms with van der Waals surface area (Å²) in [5.74, 6) is -0.109. The summed E-state index contributed by atoms with van der Waals surface area (Å²) >= 11 is 0. The van der Waals surface area contributed by atoms with Crippen LogP contribution in [0.5, 0.6) is 0 Å². The van der Waals surface area contributed by atoms with Gasteiger partial charge in [0.25, 0.3) is 0 Å². The molecule has 1 amide bonds. The molecule has 0 aromatic carbocycles. The average molecular weight is 295 g/mol. The lowest BCUT2D eigenvalue weighted by molar-refractivity contribution is -0.671. The Morgan fingerprint density at radius 3 is 2.69 bits per heavy atom. The third-order valence-electron chi connectivity index (χ3n) is 1.44. The summed E-state index contributed by atoms with van der Waals surface area (Å²) in [6.07, 6.45) is 2.95. The Balaban J connectivity index is 0.00000225. The first kappa shape index (κ1) is 7.73. The summed E-state index contributed by atoms with van der Waals surface area (Å²) in [4.78, 5) is 10.6. The van der Waals surface area contributed by atoms with Crippen molar-refractivity contribution in [2.75, 3.05) is 0 Å². The first-order chi connectivity index (χ1) is 6.89. The lowest BCUT2D eigenvalue weighted by Crippen LogP contribution is -3.00. The molecule has 0 atom stereocenters. The van der Waals surface area contributed by atoms with Gasteiger partial charge in [-0.2, -0.15) is 0 Å². The van der Waals surface area contributed by atoms with E-state index in [0.29, 0.717) is 6.54 Å². The summed E-state index contributed by atoms with van der Waals surface area (Å²) in [6.45, 7) is -0.296. The molecule has 0 unspecified atom stereocenters. The van der Waals surface area contributed by atoms with Crippen LogP contribution in [0.3, 0.4) is 0 Å². The zero-order valence-electron chi connectivity index (χ0n) is 10.2. The van der Waals surface area contributed by atoms with E-state index in [4.69, 9.17) is 4.11 Å². The van der Waals surface area contributed by atoms with Crippen LogP contribution in [0.15, 0.2) is 24.5 Å². The fourth-order valence-electron chi connectivity index (χ4n) is 0.802. The van der Waals surface area contributed by atoms with Crippen molar-refractivity contribution in [2.24, 2.45) is 6.98 Å². The predicted molar refractivity (Wildman–Crippen MR) is 45.1 cm³/mol. The second kappa shape index (κ2) is 5.90. The van der Waals surface area contributed by atoms with Crippen LogP contribution in [-0.4, -0.2) is 5.91 Å². The van der Waals surface area contributed by atoms with E-state index in [2.05, 4.69) is 5.32 Å². The Hall–Kier alpha value is -0.650. The molecule has 0 bridgehead atoms. The standard InChI is InChI=1S/C9H12N2O.HI/c1-8(12)10-7-9-3-5-11(2)6-4-9;/h3-6H,7H2,1-2H3;1H/i2D3;.